The SMILES string of the molecule is CC(C(=O)O)n1nnc(-c2ccc(Br)cc2)n1. The molecule has 17 heavy (non-hydrogen) atoms. The van der Waals surface area contributed by atoms with E-state index in [1.165, 1.54) is 6.92 Å². The zero-order chi connectivity index (χ0) is 12.4. The Labute approximate surface area is 105 Å². The van der Waals surface area contributed by atoms with Gasteiger partial charge in [-0.3, -0.25) is 0 Å². The number of tetrazole rings is 1. The topological polar surface area (TPSA) is 80.9 Å². The number of carboxylic acids is 1. The van der Waals surface area contributed by atoms with E-state index in [0.29, 0.717) is 5.82 Å². The second-order valence-corrected chi connectivity index (χ2v) is 4.37. The van der Waals surface area contributed by atoms with Gasteiger partial charge in [-0.1, -0.05) is 15.9 Å². The van der Waals surface area contributed by atoms with Crippen molar-refractivity contribution in [1.29, 1.82) is 0 Å². The molecular formula is C10H9BrN4O2. The van der Waals surface area contributed by atoms with E-state index in [4.69, 9.17) is 5.11 Å². The van der Waals surface area contributed by atoms with Gasteiger partial charge in [0.2, 0.25) is 5.82 Å². The lowest BCUT2D eigenvalue weighted by Crippen LogP contribution is -2.18. The molecule has 0 aliphatic heterocycles. The summed E-state index contributed by atoms with van der Waals surface area (Å²) in [6, 6.07) is 6.55. The van der Waals surface area contributed by atoms with Crippen molar-refractivity contribution in [3.05, 3.63) is 28.7 Å². The number of hydrogen-bond acceptors (Lipinski definition) is 4. The Kier molecular flexibility index (Phi) is 3.19. The third-order valence-corrected chi connectivity index (χ3v) is 2.76. The Morgan fingerprint density at radius 2 is 2.06 bits per heavy atom. The number of halogens is 1. The van der Waals surface area contributed by atoms with Crippen LogP contribution in [0.3, 0.4) is 0 Å². The van der Waals surface area contributed by atoms with Gasteiger partial charge in [0.25, 0.3) is 0 Å². The molecule has 1 unspecified atom stereocenters. The molecule has 0 amide bonds. The highest BCUT2D eigenvalue weighted by Gasteiger charge is 2.17. The van der Waals surface area contributed by atoms with Gasteiger partial charge in [-0.2, -0.15) is 0 Å². The van der Waals surface area contributed by atoms with Crippen molar-refractivity contribution in [3.8, 4) is 11.4 Å². The molecule has 1 N–H and O–H groups in total. The number of aromatic nitrogens is 4. The number of aliphatic carboxylic acids is 1. The fourth-order valence-corrected chi connectivity index (χ4v) is 1.47. The summed E-state index contributed by atoms with van der Waals surface area (Å²) >= 11 is 3.33. The maximum Gasteiger partial charge on any atom is 0.330 e. The zero-order valence-electron chi connectivity index (χ0n) is 8.91. The fraction of sp³-hybridized carbons (Fsp3) is 0.200. The molecule has 0 bridgehead atoms. The lowest BCUT2D eigenvalue weighted by molar-refractivity contribution is -0.141. The van der Waals surface area contributed by atoms with Crippen molar-refractivity contribution >= 4 is 21.9 Å². The van der Waals surface area contributed by atoms with Crippen molar-refractivity contribution in [2.24, 2.45) is 0 Å². The molecule has 7 heteroatoms. The third kappa shape index (κ3) is 2.50. The average molecular weight is 297 g/mol. The van der Waals surface area contributed by atoms with Crippen LogP contribution in [0.1, 0.15) is 13.0 Å². The van der Waals surface area contributed by atoms with Crippen molar-refractivity contribution in [1.82, 2.24) is 20.2 Å². The minimum Gasteiger partial charge on any atom is -0.480 e. The van der Waals surface area contributed by atoms with E-state index in [1.807, 2.05) is 24.3 Å². The summed E-state index contributed by atoms with van der Waals surface area (Å²) in [6.07, 6.45) is 0. The van der Waals surface area contributed by atoms with Crippen LogP contribution in [0, 0.1) is 0 Å². The number of rotatable bonds is 3. The van der Waals surface area contributed by atoms with Gasteiger partial charge in [0.15, 0.2) is 6.04 Å². The van der Waals surface area contributed by atoms with Gasteiger partial charge >= 0.3 is 5.97 Å². The van der Waals surface area contributed by atoms with E-state index in [9.17, 15) is 4.79 Å². The largest absolute Gasteiger partial charge is 0.480 e. The minimum atomic E-state index is -0.996. The molecule has 0 spiro atoms. The van der Waals surface area contributed by atoms with Crippen molar-refractivity contribution < 1.29 is 9.90 Å². The smallest absolute Gasteiger partial charge is 0.330 e. The number of nitrogens with zero attached hydrogens (tertiary/aromatic N) is 4. The van der Waals surface area contributed by atoms with Crippen molar-refractivity contribution in [2.75, 3.05) is 0 Å². The standard InChI is InChI=1S/C10H9BrN4O2/c1-6(10(16)17)15-13-9(12-14-15)7-2-4-8(11)5-3-7/h2-6H,1H3,(H,16,17). The summed E-state index contributed by atoms with van der Waals surface area (Å²) in [7, 11) is 0. The van der Waals surface area contributed by atoms with Crippen LogP contribution in [0.5, 0.6) is 0 Å². The van der Waals surface area contributed by atoms with Gasteiger partial charge < -0.3 is 5.11 Å². The highest BCUT2D eigenvalue weighted by Crippen LogP contribution is 2.18. The molecule has 0 aliphatic rings. The van der Waals surface area contributed by atoms with Crippen LogP contribution in [0.4, 0.5) is 0 Å². The molecule has 0 fully saturated rings. The van der Waals surface area contributed by atoms with E-state index < -0.39 is 12.0 Å². The van der Waals surface area contributed by atoms with Gasteiger partial charge in [0, 0.05) is 10.0 Å². The first-order valence-electron chi connectivity index (χ1n) is 4.86. The van der Waals surface area contributed by atoms with Crippen LogP contribution in [-0.4, -0.2) is 31.3 Å². The van der Waals surface area contributed by atoms with E-state index >= 15 is 0 Å². The minimum absolute atomic E-state index is 0.408. The first-order chi connectivity index (χ1) is 8.08. The molecule has 2 rings (SSSR count). The van der Waals surface area contributed by atoms with Gasteiger partial charge in [0.1, 0.15) is 0 Å². The molecule has 1 aromatic carbocycles. The zero-order valence-corrected chi connectivity index (χ0v) is 10.5. The number of hydrogen-bond donors (Lipinski definition) is 1. The van der Waals surface area contributed by atoms with Gasteiger partial charge in [-0.15, -0.1) is 15.0 Å². The van der Waals surface area contributed by atoms with Crippen LogP contribution < -0.4 is 0 Å². The summed E-state index contributed by atoms with van der Waals surface area (Å²) in [4.78, 5) is 11.8. The van der Waals surface area contributed by atoms with E-state index in [2.05, 4.69) is 31.3 Å². The first kappa shape index (κ1) is 11.7. The van der Waals surface area contributed by atoms with Crippen LogP contribution in [-0.2, 0) is 4.79 Å². The highest BCUT2D eigenvalue weighted by atomic mass is 79.9. The molecule has 1 atom stereocenters. The number of carboxylic acid groups (broad SMARTS) is 1. The summed E-state index contributed by atoms with van der Waals surface area (Å²) < 4.78 is 0.951. The lowest BCUT2D eigenvalue weighted by Gasteiger charge is -2.01. The Bertz CT molecular complexity index is 537. The van der Waals surface area contributed by atoms with Crippen molar-refractivity contribution in [2.45, 2.75) is 13.0 Å². The number of benzene rings is 1. The monoisotopic (exact) mass is 296 g/mol. The number of carbonyl (C=O) groups is 1. The van der Waals surface area contributed by atoms with E-state index in [1.54, 1.807) is 0 Å². The molecule has 0 saturated carbocycles. The Morgan fingerprint density at radius 1 is 1.41 bits per heavy atom. The maximum absolute atomic E-state index is 10.8. The third-order valence-electron chi connectivity index (χ3n) is 2.23. The molecular weight excluding hydrogens is 288 g/mol. The second kappa shape index (κ2) is 4.62. The van der Waals surface area contributed by atoms with E-state index in [-0.39, 0.29) is 0 Å². The summed E-state index contributed by atoms with van der Waals surface area (Å²) in [5.74, 6) is -0.588. The molecule has 2 aromatic rings. The van der Waals surface area contributed by atoms with Crippen LogP contribution in [0.25, 0.3) is 11.4 Å². The lowest BCUT2D eigenvalue weighted by atomic mass is 10.2. The first-order valence-corrected chi connectivity index (χ1v) is 5.65. The van der Waals surface area contributed by atoms with Crippen LogP contribution in [0.15, 0.2) is 28.7 Å². The molecule has 6 nitrogen and oxygen atoms in total. The predicted octanol–water partition coefficient (Wildman–Crippen LogP) is 1.75. The summed E-state index contributed by atoms with van der Waals surface area (Å²) in [5, 5.41) is 20.4. The van der Waals surface area contributed by atoms with Crippen LogP contribution >= 0.6 is 15.9 Å². The van der Waals surface area contributed by atoms with Gasteiger partial charge in [0.05, 0.1) is 0 Å². The van der Waals surface area contributed by atoms with E-state index in [0.717, 1.165) is 14.8 Å². The Balaban J connectivity index is 2.29. The molecule has 1 aromatic heterocycles. The predicted molar refractivity (Wildman–Crippen MR) is 63.3 cm³/mol. The molecule has 0 aliphatic carbocycles. The summed E-state index contributed by atoms with van der Waals surface area (Å²) in [5.41, 5.74) is 0.789. The fourth-order valence-electron chi connectivity index (χ4n) is 1.20. The second-order valence-electron chi connectivity index (χ2n) is 3.45. The van der Waals surface area contributed by atoms with Crippen molar-refractivity contribution in [3.63, 3.8) is 0 Å². The average Bonchev–Trinajstić information content (AvgIpc) is 2.78. The summed E-state index contributed by atoms with van der Waals surface area (Å²) in [6.45, 7) is 1.50. The normalized spacial score (nSPS) is 12.4. The van der Waals surface area contributed by atoms with Gasteiger partial charge in [-0.25, -0.2) is 4.79 Å². The van der Waals surface area contributed by atoms with Crippen LogP contribution in [0.2, 0.25) is 0 Å². The molecule has 0 radical (unpaired) electrons. The Morgan fingerprint density at radius 3 is 2.65 bits per heavy atom. The molecule has 0 saturated heterocycles. The molecule has 1 heterocycles. The highest BCUT2D eigenvalue weighted by molar-refractivity contribution is 9.10. The van der Waals surface area contributed by atoms with Gasteiger partial charge in [-0.05, 0) is 36.4 Å². The maximum atomic E-state index is 10.8. The quantitative estimate of drug-likeness (QED) is 0.933. The molecule has 88 valence electrons. The Hall–Kier alpha value is -1.76.